The number of rotatable bonds is 3. The van der Waals surface area contributed by atoms with E-state index in [2.05, 4.69) is 18.0 Å². The SMILES string of the molecule is CCC1CCC(C#N)(C(O)c2ccc(C)nc2)CC1. The second-order valence-electron chi connectivity index (χ2n) is 5.76. The van der Waals surface area contributed by atoms with Gasteiger partial charge in [0.2, 0.25) is 0 Å². The molecule has 3 heteroatoms. The van der Waals surface area contributed by atoms with E-state index in [1.54, 1.807) is 6.20 Å². The van der Waals surface area contributed by atoms with Crippen LogP contribution in [0.25, 0.3) is 0 Å². The van der Waals surface area contributed by atoms with Gasteiger partial charge in [0.05, 0.1) is 17.6 Å². The van der Waals surface area contributed by atoms with Crippen molar-refractivity contribution in [3.05, 3.63) is 29.6 Å². The molecule has 0 amide bonds. The maximum atomic E-state index is 10.6. The summed E-state index contributed by atoms with van der Waals surface area (Å²) in [4.78, 5) is 4.22. The standard InChI is InChI=1S/C16H22N2O/c1-3-13-6-8-16(11-17,9-7-13)15(19)14-5-4-12(2)18-10-14/h4-5,10,13,15,19H,3,6-9H2,1-2H3. The summed E-state index contributed by atoms with van der Waals surface area (Å²) in [6, 6.07) is 6.17. The molecule has 102 valence electrons. The molecule has 1 fully saturated rings. The molecule has 0 saturated heterocycles. The average molecular weight is 258 g/mol. The van der Waals surface area contributed by atoms with Crippen molar-refractivity contribution in [3.63, 3.8) is 0 Å². The summed E-state index contributed by atoms with van der Waals surface area (Å²) in [5.74, 6) is 0.713. The third-order valence-corrected chi connectivity index (χ3v) is 4.57. The van der Waals surface area contributed by atoms with Crippen LogP contribution >= 0.6 is 0 Å². The molecule has 0 radical (unpaired) electrons. The van der Waals surface area contributed by atoms with E-state index < -0.39 is 11.5 Å². The van der Waals surface area contributed by atoms with Crippen molar-refractivity contribution in [1.29, 1.82) is 5.26 Å². The first-order valence-corrected chi connectivity index (χ1v) is 7.13. The molecule has 0 spiro atoms. The Bertz CT molecular complexity index is 453. The Balaban J connectivity index is 2.18. The van der Waals surface area contributed by atoms with Crippen LogP contribution in [0.4, 0.5) is 0 Å². The Hall–Kier alpha value is -1.40. The van der Waals surface area contributed by atoms with Crippen LogP contribution in [0.1, 0.15) is 56.4 Å². The lowest BCUT2D eigenvalue weighted by atomic mass is 9.66. The smallest absolute Gasteiger partial charge is 0.0991 e. The third-order valence-electron chi connectivity index (χ3n) is 4.57. The van der Waals surface area contributed by atoms with Crippen molar-refractivity contribution in [1.82, 2.24) is 4.98 Å². The Kier molecular flexibility index (Phi) is 4.21. The van der Waals surface area contributed by atoms with Gasteiger partial charge in [0.15, 0.2) is 0 Å². The summed E-state index contributed by atoms with van der Waals surface area (Å²) in [6.45, 7) is 4.12. The van der Waals surface area contributed by atoms with Crippen LogP contribution in [0, 0.1) is 29.6 Å². The molecule has 1 heterocycles. The molecule has 3 nitrogen and oxygen atoms in total. The van der Waals surface area contributed by atoms with E-state index in [0.29, 0.717) is 5.92 Å². The fourth-order valence-corrected chi connectivity index (χ4v) is 3.01. The van der Waals surface area contributed by atoms with E-state index in [9.17, 15) is 10.4 Å². The van der Waals surface area contributed by atoms with Crippen molar-refractivity contribution in [2.75, 3.05) is 0 Å². The summed E-state index contributed by atoms with van der Waals surface area (Å²) < 4.78 is 0. The van der Waals surface area contributed by atoms with Crippen LogP contribution in [-0.4, -0.2) is 10.1 Å². The summed E-state index contributed by atoms with van der Waals surface area (Å²) >= 11 is 0. The van der Waals surface area contributed by atoms with Crippen molar-refractivity contribution in [2.24, 2.45) is 11.3 Å². The molecular weight excluding hydrogens is 236 g/mol. The fraction of sp³-hybridized carbons (Fsp3) is 0.625. The Labute approximate surface area is 115 Å². The van der Waals surface area contributed by atoms with Gasteiger partial charge in [-0.3, -0.25) is 4.98 Å². The minimum atomic E-state index is -0.719. The highest BCUT2D eigenvalue weighted by Gasteiger charge is 2.42. The lowest BCUT2D eigenvalue weighted by molar-refractivity contribution is 0.0240. The zero-order valence-electron chi connectivity index (χ0n) is 11.8. The maximum absolute atomic E-state index is 10.6. The van der Waals surface area contributed by atoms with Gasteiger partial charge >= 0.3 is 0 Å². The van der Waals surface area contributed by atoms with Crippen LogP contribution in [0.15, 0.2) is 18.3 Å². The third kappa shape index (κ3) is 2.79. The lowest BCUT2D eigenvalue weighted by Crippen LogP contribution is -2.32. The highest BCUT2D eigenvalue weighted by molar-refractivity contribution is 5.22. The van der Waals surface area contributed by atoms with E-state index in [1.807, 2.05) is 19.1 Å². The van der Waals surface area contributed by atoms with Gasteiger partial charge in [0, 0.05) is 17.5 Å². The highest BCUT2D eigenvalue weighted by atomic mass is 16.3. The van der Waals surface area contributed by atoms with Crippen LogP contribution < -0.4 is 0 Å². The fourth-order valence-electron chi connectivity index (χ4n) is 3.01. The number of nitriles is 1. The van der Waals surface area contributed by atoms with Crippen LogP contribution in [0.5, 0.6) is 0 Å². The van der Waals surface area contributed by atoms with Gasteiger partial charge in [-0.2, -0.15) is 5.26 Å². The summed E-state index contributed by atoms with van der Waals surface area (Å²) in [6.07, 6.45) is 5.81. The zero-order chi connectivity index (χ0) is 13.9. The van der Waals surface area contributed by atoms with Gasteiger partial charge < -0.3 is 5.11 Å². The molecule has 1 unspecified atom stereocenters. The zero-order valence-corrected chi connectivity index (χ0v) is 11.8. The second-order valence-corrected chi connectivity index (χ2v) is 5.76. The molecular formula is C16H22N2O. The normalized spacial score (nSPS) is 28.6. The summed E-state index contributed by atoms with van der Waals surface area (Å²) in [5.41, 5.74) is 1.07. The van der Waals surface area contributed by atoms with Crippen molar-refractivity contribution in [3.8, 4) is 6.07 Å². The number of aliphatic hydroxyl groups excluding tert-OH is 1. The predicted molar refractivity (Wildman–Crippen MR) is 74.2 cm³/mol. The highest BCUT2D eigenvalue weighted by Crippen LogP contribution is 2.47. The molecule has 1 aromatic rings. The molecule has 19 heavy (non-hydrogen) atoms. The summed E-state index contributed by atoms with van der Waals surface area (Å²) in [7, 11) is 0. The quantitative estimate of drug-likeness (QED) is 0.902. The Morgan fingerprint density at radius 3 is 2.63 bits per heavy atom. The number of aryl methyl sites for hydroxylation is 1. The number of aliphatic hydroxyl groups is 1. The van der Waals surface area contributed by atoms with Gasteiger partial charge in [-0.15, -0.1) is 0 Å². The molecule has 1 N–H and O–H groups in total. The molecule has 0 aliphatic heterocycles. The predicted octanol–water partition coefficient (Wildman–Crippen LogP) is 3.53. The first-order valence-electron chi connectivity index (χ1n) is 7.13. The van der Waals surface area contributed by atoms with Gasteiger partial charge in [-0.05, 0) is 44.6 Å². The minimum Gasteiger partial charge on any atom is -0.387 e. The summed E-state index contributed by atoms with van der Waals surface area (Å²) in [5, 5.41) is 20.1. The van der Waals surface area contributed by atoms with Crippen LogP contribution in [-0.2, 0) is 0 Å². The molecule has 1 aliphatic rings. The van der Waals surface area contributed by atoms with Gasteiger partial charge in [-0.1, -0.05) is 19.4 Å². The Morgan fingerprint density at radius 2 is 2.16 bits per heavy atom. The van der Waals surface area contributed by atoms with Crippen molar-refractivity contribution < 1.29 is 5.11 Å². The van der Waals surface area contributed by atoms with Gasteiger partial charge in [0.25, 0.3) is 0 Å². The Morgan fingerprint density at radius 1 is 1.47 bits per heavy atom. The first-order chi connectivity index (χ1) is 9.11. The van der Waals surface area contributed by atoms with Crippen LogP contribution in [0.3, 0.4) is 0 Å². The van der Waals surface area contributed by atoms with E-state index in [0.717, 1.165) is 36.9 Å². The molecule has 1 aliphatic carbocycles. The van der Waals surface area contributed by atoms with Gasteiger partial charge in [-0.25, -0.2) is 0 Å². The number of hydrogen-bond donors (Lipinski definition) is 1. The van der Waals surface area contributed by atoms with Gasteiger partial charge in [0.1, 0.15) is 0 Å². The molecule has 0 bridgehead atoms. The molecule has 0 aromatic carbocycles. The maximum Gasteiger partial charge on any atom is 0.0991 e. The van der Waals surface area contributed by atoms with Crippen molar-refractivity contribution >= 4 is 0 Å². The van der Waals surface area contributed by atoms with Crippen LogP contribution in [0.2, 0.25) is 0 Å². The molecule has 1 saturated carbocycles. The van der Waals surface area contributed by atoms with E-state index in [4.69, 9.17) is 0 Å². The van der Waals surface area contributed by atoms with E-state index in [-0.39, 0.29) is 0 Å². The van der Waals surface area contributed by atoms with E-state index >= 15 is 0 Å². The first kappa shape index (κ1) is 14.0. The average Bonchev–Trinajstić information content (AvgIpc) is 2.47. The largest absolute Gasteiger partial charge is 0.387 e. The van der Waals surface area contributed by atoms with Crippen molar-refractivity contribution in [2.45, 2.75) is 52.1 Å². The molecule has 2 rings (SSSR count). The number of hydrogen-bond acceptors (Lipinski definition) is 3. The van der Waals surface area contributed by atoms with E-state index in [1.165, 1.54) is 6.42 Å². The molecule has 1 atom stereocenters. The number of nitrogens with zero attached hydrogens (tertiary/aromatic N) is 2. The monoisotopic (exact) mass is 258 g/mol. The lowest BCUT2D eigenvalue weighted by Gasteiger charge is -2.38. The molecule has 1 aromatic heterocycles. The topological polar surface area (TPSA) is 56.9 Å². The number of aromatic nitrogens is 1. The minimum absolute atomic E-state index is 0.622. The second kappa shape index (κ2) is 5.71. The number of pyridine rings is 1.